The summed E-state index contributed by atoms with van der Waals surface area (Å²) >= 11 is 1.64. The molecule has 24 heavy (non-hydrogen) atoms. The smallest absolute Gasteiger partial charge is 0.254 e. The monoisotopic (exact) mass is 343 g/mol. The Morgan fingerprint density at radius 3 is 2.79 bits per heavy atom. The lowest BCUT2D eigenvalue weighted by Gasteiger charge is -2.17. The number of rotatable bonds is 5. The van der Waals surface area contributed by atoms with Crippen molar-refractivity contribution in [3.05, 3.63) is 51.0 Å². The molecule has 1 N–H and O–H groups in total. The zero-order valence-corrected chi connectivity index (χ0v) is 14.9. The largest absolute Gasteiger partial charge is 0.348 e. The number of carbonyl (C=O) groups is 2. The number of nitrogens with one attached hydrogen (secondary N) is 1. The maximum Gasteiger partial charge on any atom is 0.254 e. The Balaban J connectivity index is 1.53. The Bertz CT molecular complexity index is 784. The molecule has 0 aliphatic carbocycles. The number of carbonyl (C=O) groups excluding carboxylic acids is 2. The lowest BCUT2D eigenvalue weighted by molar-refractivity contribution is -0.121. The number of hydrogen-bond acceptors (Lipinski definition) is 4. The van der Waals surface area contributed by atoms with Crippen LogP contribution in [0.1, 0.15) is 50.9 Å². The van der Waals surface area contributed by atoms with Crippen LogP contribution in [0.2, 0.25) is 0 Å². The van der Waals surface area contributed by atoms with Gasteiger partial charge >= 0.3 is 0 Å². The molecular formula is C18H21N3O2S. The minimum atomic E-state index is -0.117. The zero-order chi connectivity index (χ0) is 17.3. The van der Waals surface area contributed by atoms with Gasteiger partial charge in [-0.05, 0) is 32.4 Å². The van der Waals surface area contributed by atoms with Crippen molar-refractivity contribution >= 4 is 23.2 Å². The van der Waals surface area contributed by atoms with Crippen LogP contribution in [0.3, 0.4) is 0 Å². The van der Waals surface area contributed by atoms with Gasteiger partial charge in [0.1, 0.15) is 0 Å². The summed E-state index contributed by atoms with van der Waals surface area (Å²) in [5, 5.41) is 3.98. The third-order valence-corrected chi connectivity index (χ3v) is 5.13. The van der Waals surface area contributed by atoms with Gasteiger partial charge in [0, 0.05) is 30.0 Å². The predicted molar refractivity (Wildman–Crippen MR) is 93.9 cm³/mol. The number of amides is 2. The van der Waals surface area contributed by atoms with E-state index in [-0.39, 0.29) is 17.9 Å². The molecule has 6 heteroatoms. The fourth-order valence-corrected chi connectivity index (χ4v) is 3.97. The Kier molecular flexibility index (Phi) is 4.66. The molecule has 0 saturated carbocycles. The van der Waals surface area contributed by atoms with Crippen LogP contribution < -0.4 is 5.32 Å². The summed E-state index contributed by atoms with van der Waals surface area (Å²) in [7, 11) is 0. The average molecular weight is 343 g/mol. The van der Waals surface area contributed by atoms with E-state index in [1.165, 1.54) is 0 Å². The van der Waals surface area contributed by atoms with E-state index in [2.05, 4.69) is 10.3 Å². The first kappa shape index (κ1) is 16.6. The lowest BCUT2D eigenvalue weighted by Crippen LogP contribution is -2.32. The summed E-state index contributed by atoms with van der Waals surface area (Å²) in [6, 6.07) is 7.49. The van der Waals surface area contributed by atoms with E-state index in [9.17, 15) is 9.59 Å². The van der Waals surface area contributed by atoms with E-state index >= 15 is 0 Å². The first-order valence-electron chi connectivity index (χ1n) is 8.06. The number of hydrogen-bond donors (Lipinski definition) is 1. The Morgan fingerprint density at radius 1 is 1.38 bits per heavy atom. The second-order valence-corrected chi connectivity index (χ2v) is 7.50. The van der Waals surface area contributed by atoms with Crippen molar-refractivity contribution in [3.8, 4) is 0 Å². The van der Waals surface area contributed by atoms with E-state index in [0.29, 0.717) is 19.5 Å². The maximum atomic E-state index is 12.3. The Morgan fingerprint density at radius 2 is 2.12 bits per heavy atom. The van der Waals surface area contributed by atoms with Crippen molar-refractivity contribution in [1.82, 2.24) is 15.2 Å². The quantitative estimate of drug-likeness (QED) is 0.908. The number of fused-ring (bicyclic) bond motifs is 1. The summed E-state index contributed by atoms with van der Waals surface area (Å²) in [5.74, 6) is -0.0475. The van der Waals surface area contributed by atoms with Crippen LogP contribution in [0.25, 0.3) is 0 Å². The van der Waals surface area contributed by atoms with Crippen LogP contribution >= 0.6 is 11.3 Å². The molecule has 1 aliphatic rings. The number of nitrogens with zero attached hydrogens (tertiary/aromatic N) is 2. The maximum absolute atomic E-state index is 12.3. The SMILES string of the molecule is Cc1nc([C@@H](C)NC(=O)CCN2Cc3ccccc3C2=O)c(C)s1. The molecule has 1 aromatic carbocycles. The summed E-state index contributed by atoms with van der Waals surface area (Å²) in [5.41, 5.74) is 2.71. The molecule has 5 nitrogen and oxygen atoms in total. The Labute approximate surface area is 145 Å². The molecule has 0 saturated heterocycles. The molecule has 3 rings (SSSR count). The molecule has 2 amide bonds. The Hall–Kier alpha value is -2.21. The van der Waals surface area contributed by atoms with Crippen LogP contribution in [0.5, 0.6) is 0 Å². The average Bonchev–Trinajstić information content (AvgIpc) is 3.05. The van der Waals surface area contributed by atoms with E-state index in [1.807, 2.05) is 45.0 Å². The highest BCUT2D eigenvalue weighted by molar-refractivity contribution is 7.11. The standard InChI is InChI=1S/C18H21N3O2S/c1-11(17-12(2)24-13(3)20-17)19-16(22)8-9-21-10-14-6-4-5-7-15(14)18(21)23/h4-7,11H,8-10H2,1-3H3,(H,19,22)/t11-/m1/s1. The first-order chi connectivity index (χ1) is 11.5. The van der Waals surface area contributed by atoms with Crippen LogP contribution in [0, 0.1) is 13.8 Å². The van der Waals surface area contributed by atoms with Crippen molar-refractivity contribution < 1.29 is 9.59 Å². The van der Waals surface area contributed by atoms with E-state index in [1.54, 1.807) is 16.2 Å². The summed E-state index contributed by atoms with van der Waals surface area (Å²) in [6.07, 6.45) is 0.298. The molecule has 2 aromatic rings. The van der Waals surface area contributed by atoms with Crippen LogP contribution in [-0.4, -0.2) is 28.2 Å². The van der Waals surface area contributed by atoms with Gasteiger partial charge in [-0.15, -0.1) is 11.3 Å². The van der Waals surface area contributed by atoms with E-state index in [4.69, 9.17) is 0 Å². The minimum Gasteiger partial charge on any atom is -0.348 e. The highest BCUT2D eigenvalue weighted by Crippen LogP contribution is 2.23. The van der Waals surface area contributed by atoms with E-state index < -0.39 is 0 Å². The second kappa shape index (κ2) is 6.73. The van der Waals surface area contributed by atoms with Crippen LogP contribution in [0.15, 0.2) is 24.3 Å². The fourth-order valence-electron chi connectivity index (χ4n) is 3.06. The number of benzene rings is 1. The molecule has 2 heterocycles. The molecule has 0 radical (unpaired) electrons. The summed E-state index contributed by atoms with van der Waals surface area (Å²) in [6.45, 7) is 6.94. The molecule has 0 bridgehead atoms. The van der Waals surface area contributed by atoms with Crippen molar-refractivity contribution in [2.45, 2.75) is 39.8 Å². The third-order valence-electron chi connectivity index (χ3n) is 4.23. The van der Waals surface area contributed by atoms with Crippen molar-refractivity contribution in [3.63, 3.8) is 0 Å². The van der Waals surface area contributed by atoms with Gasteiger partial charge in [-0.2, -0.15) is 0 Å². The number of thiazole rings is 1. The molecule has 1 aliphatic heterocycles. The zero-order valence-electron chi connectivity index (χ0n) is 14.1. The van der Waals surface area contributed by atoms with Crippen molar-refractivity contribution in [2.75, 3.05) is 6.54 Å². The van der Waals surface area contributed by atoms with Gasteiger partial charge in [-0.3, -0.25) is 9.59 Å². The molecular weight excluding hydrogens is 322 g/mol. The molecule has 126 valence electrons. The lowest BCUT2D eigenvalue weighted by atomic mass is 10.1. The normalized spacial score (nSPS) is 14.6. The molecule has 0 spiro atoms. The second-order valence-electron chi connectivity index (χ2n) is 6.10. The van der Waals surface area contributed by atoms with Crippen molar-refractivity contribution in [1.29, 1.82) is 0 Å². The van der Waals surface area contributed by atoms with Gasteiger partial charge in [0.2, 0.25) is 5.91 Å². The molecule has 1 atom stereocenters. The van der Waals surface area contributed by atoms with Crippen LogP contribution in [0.4, 0.5) is 0 Å². The highest BCUT2D eigenvalue weighted by Gasteiger charge is 2.27. The topological polar surface area (TPSA) is 62.3 Å². The molecule has 0 unspecified atom stereocenters. The summed E-state index contributed by atoms with van der Waals surface area (Å²) < 4.78 is 0. The molecule has 1 aromatic heterocycles. The number of aromatic nitrogens is 1. The van der Waals surface area contributed by atoms with Crippen molar-refractivity contribution in [2.24, 2.45) is 0 Å². The predicted octanol–water partition coefficient (Wildman–Crippen LogP) is 2.98. The first-order valence-corrected chi connectivity index (χ1v) is 8.88. The van der Waals surface area contributed by atoms with Gasteiger partial charge < -0.3 is 10.2 Å². The van der Waals surface area contributed by atoms with Gasteiger partial charge in [0.15, 0.2) is 0 Å². The fraction of sp³-hybridized carbons (Fsp3) is 0.389. The van der Waals surface area contributed by atoms with Gasteiger partial charge in [0.25, 0.3) is 5.91 Å². The highest BCUT2D eigenvalue weighted by atomic mass is 32.1. The van der Waals surface area contributed by atoms with Gasteiger partial charge in [0.05, 0.1) is 16.7 Å². The molecule has 0 fully saturated rings. The minimum absolute atomic E-state index is 0.0115. The summed E-state index contributed by atoms with van der Waals surface area (Å²) in [4.78, 5) is 31.8. The third kappa shape index (κ3) is 3.33. The van der Waals surface area contributed by atoms with Gasteiger partial charge in [-0.25, -0.2) is 4.98 Å². The van der Waals surface area contributed by atoms with Gasteiger partial charge in [-0.1, -0.05) is 18.2 Å². The van der Waals surface area contributed by atoms with E-state index in [0.717, 1.165) is 26.7 Å². The van der Waals surface area contributed by atoms with Crippen LogP contribution in [-0.2, 0) is 11.3 Å². The number of aryl methyl sites for hydroxylation is 2.